The first-order chi connectivity index (χ1) is 16.3. The quantitative estimate of drug-likeness (QED) is 0.510. The molecule has 2 saturated heterocycles. The Labute approximate surface area is 209 Å². The van der Waals surface area contributed by atoms with Crippen LogP contribution in [0.1, 0.15) is 58.8 Å². The molecule has 4 rings (SSSR count). The van der Waals surface area contributed by atoms with Gasteiger partial charge in [0.1, 0.15) is 6.61 Å². The van der Waals surface area contributed by atoms with Crippen LogP contribution in [-0.2, 0) is 14.8 Å². The van der Waals surface area contributed by atoms with Gasteiger partial charge in [-0.15, -0.1) is 0 Å². The van der Waals surface area contributed by atoms with Crippen LogP contribution in [0.15, 0.2) is 29.2 Å². The lowest BCUT2D eigenvalue weighted by molar-refractivity contribution is 0.0313. The molecule has 3 atom stereocenters. The van der Waals surface area contributed by atoms with E-state index in [1.165, 1.54) is 12.8 Å². The van der Waals surface area contributed by atoms with Gasteiger partial charge in [-0.3, -0.25) is 4.90 Å². The molecule has 34 heavy (non-hydrogen) atoms. The van der Waals surface area contributed by atoms with Crippen molar-refractivity contribution in [1.29, 1.82) is 0 Å². The van der Waals surface area contributed by atoms with Crippen LogP contribution in [-0.4, -0.2) is 79.5 Å². The first kappa shape index (κ1) is 25.7. The van der Waals surface area contributed by atoms with E-state index in [1.54, 1.807) is 33.5 Å². The summed E-state index contributed by atoms with van der Waals surface area (Å²) in [4.78, 5) is 17.4. The van der Waals surface area contributed by atoms with Crippen molar-refractivity contribution in [3.05, 3.63) is 29.3 Å². The molecule has 0 N–H and O–H groups in total. The lowest BCUT2D eigenvalue weighted by Gasteiger charge is -2.42. The molecule has 3 fully saturated rings. The lowest BCUT2D eigenvalue weighted by atomic mass is 9.96. The van der Waals surface area contributed by atoms with E-state index in [4.69, 9.17) is 16.3 Å². The van der Waals surface area contributed by atoms with Crippen molar-refractivity contribution < 1.29 is 17.9 Å². The highest BCUT2D eigenvalue weighted by molar-refractivity contribution is 7.89. The fraction of sp³-hybridized carbons (Fsp3) is 0.720. The number of sulfonamides is 1. The topological polar surface area (TPSA) is 70.2 Å². The standard InChI is InChI=1S/C25H38ClN3O4S/c1-3-5-22-6-4-7-23(29(22)34(31,32)24-12-10-21(26)11-13-24)18-33-25(30)28-15-14-27(16-19(28)2)17-20-8-9-20/h10-13,19-20,22-23H,3-9,14-18H2,1-2H3/t19-,22-,23-/m0/s1. The monoisotopic (exact) mass is 511 g/mol. The minimum Gasteiger partial charge on any atom is -0.448 e. The Balaban J connectivity index is 1.42. The zero-order valence-corrected chi connectivity index (χ0v) is 21.9. The second kappa shape index (κ2) is 11.1. The molecule has 0 aromatic heterocycles. The van der Waals surface area contributed by atoms with Gasteiger partial charge in [0.25, 0.3) is 0 Å². The molecule has 2 heterocycles. The van der Waals surface area contributed by atoms with Gasteiger partial charge >= 0.3 is 6.09 Å². The average Bonchev–Trinajstić information content (AvgIpc) is 3.62. The van der Waals surface area contributed by atoms with Crippen molar-refractivity contribution in [2.24, 2.45) is 5.92 Å². The maximum atomic E-state index is 13.6. The van der Waals surface area contributed by atoms with Crippen LogP contribution in [0.3, 0.4) is 0 Å². The SMILES string of the molecule is CCC[C@H]1CCC[C@@H](COC(=O)N2CCN(CC3CC3)C[C@@H]2C)N1S(=O)(=O)c1ccc(Cl)cc1. The molecule has 9 heteroatoms. The summed E-state index contributed by atoms with van der Waals surface area (Å²) in [5, 5.41) is 0.500. The summed E-state index contributed by atoms with van der Waals surface area (Å²) in [7, 11) is -3.73. The van der Waals surface area contributed by atoms with Crippen molar-refractivity contribution in [2.75, 3.05) is 32.8 Å². The minimum atomic E-state index is -3.73. The van der Waals surface area contributed by atoms with Crippen LogP contribution in [0.4, 0.5) is 4.79 Å². The number of hydrogen-bond acceptors (Lipinski definition) is 5. The van der Waals surface area contributed by atoms with E-state index in [0.717, 1.165) is 51.2 Å². The molecule has 3 aliphatic rings. The molecular formula is C25H38ClN3O4S. The number of ether oxygens (including phenoxy) is 1. The third kappa shape index (κ3) is 6.07. The van der Waals surface area contributed by atoms with Gasteiger partial charge in [0.05, 0.1) is 10.9 Å². The van der Waals surface area contributed by atoms with Crippen LogP contribution in [0.2, 0.25) is 5.02 Å². The van der Waals surface area contributed by atoms with E-state index in [0.29, 0.717) is 18.0 Å². The molecule has 1 aliphatic carbocycles. The number of piperazine rings is 1. The highest BCUT2D eigenvalue weighted by atomic mass is 35.5. The summed E-state index contributed by atoms with van der Waals surface area (Å²) in [5.74, 6) is 0.835. The van der Waals surface area contributed by atoms with Crippen LogP contribution in [0.5, 0.6) is 0 Å². The number of piperidine rings is 1. The Kier molecular flexibility index (Phi) is 8.44. The van der Waals surface area contributed by atoms with Crippen molar-refractivity contribution in [3.8, 4) is 0 Å². The highest BCUT2D eigenvalue weighted by Crippen LogP contribution is 2.33. The van der Waals surface area contributed by atoms with E-state index >= 15 is 0 Å². The van der Waals surface area contributed by atoms with Gasteiger partial charge in [0, 0.05) is 43.3 Å². The molecule has 0 bridgehead atoms. The second-order valence-corrected chi connectivity index (χ2v) is 12.4. The predicted octanol–water partition coefficient (Wildman–Crippen LogP) is 4.60. The Morgan fingerprint density at radius 3 is 2.44 bits per heavy atom. The lowest BCUT2D eigenvalue weighted by Crippen LogP contribution is -2.55. The number of benzene rings is 1. The van der Waals surface area contributed by atoms with Crippen molar-refractivity contribution in [1.82, 2.24) is 14.1 Å². The summed E-state index contributed by atoms with van der Waals surface area (Å²) in [5.41, 5.74) is 0. The molecule has 0 radical (unpaired) electrons. The van der Waals surface area contributed by atoms with Gasteiger partial charge in [-0.1, -0.05) is 31.4 Å². The number of amides is 1. The molecule has 1 aromatic rings. The smallest absolute Gasteiger partial charge is 0.410 e. The van der Waals surface area contributed by atoms with E-state index in [2.05, 4.69) is 18.7 Å². The Hall–Kier alpha value is -1.35. The largest absolute Gasteiger partial charge is 0.448 e. The normalized spacial score (nSPS) is 27.0. The van der Waals surface area contributed by atoms with Gasteiger partial charge in [0.15, 0.2) is 0 Å². The minimum absolute atomic E-state index is 0.0842. The van der Waals surface area contributed by atoms with Gasteiger partial charge < -0.3 is 9.64 Å². The van der Waals surface area contributed by atoms with Gasteiger partial charge in [-0.2, -0.15) is 4.31 Å². The van der Waals surface area contributed by atoms with Gasteiger partial charge in [0.2, 0.25) is 10.0 Å². The highest BCUT2D eigenvalue weighted by Gasteiger charge is 2.40. The van der Waals surface area contributed by atoms with Gasteiger partial charge in [-0.25, -0.2) is 13.2 Å². The molecular weight excluding hydrogens is 474 g/mol. The fourth-order valence-corrected chi connectivity index (χ4v) is 7.42. The van der Waals surface area contributed by atoms with Crippen LogP contribution < -0.4 is 0 Å². The molecule has 0 spiro atoms. The van der Waals surface area contributed by atoms with E-state index in [1.807, 2.05) is 0 Å². The number of hydrogen-bond donors (Lipinski definition) is 0. The molecule has 1 amide bonds. The first-order valence-corrected chi connectivity index (χ1v) is 14.6. The number of halogens is 1. The molecule has 0 unspecified atom stereocenters. The average molecular weight is 512 g/mol. The molecule has 190 valence electrons. The summed E-state index contributed by atoms with van der Waals surface area (Å²) < 4.78 is 34.7. The maximum Gasteiger partial charge on any atom is 0.410 e. The van der Waals surface area contributed by atoms with E-state index in [-0.39, 0.29) is 35.7 Å². The zero-order chi connectivity index (χ0) is 24.3. The molecule has 1 saturated carbocycles. The van der Waals surface area contributed by atoms with Gasteiger partial charge in [-0.05, 0) is 69.2 Å². The number of carbonyl (C=O) groups is 1. The van der Waals surface area contributed by atoms with Crippen molar-refractivity contribution in [3.63, 3.8) is 0 Å². The van der Waals surface area contributed by atoms with E-state index < -0.39 is 10.0 Å². The van der Waals surface area contributed by atoms with Crippen molar-refractivity contribution >= 4 is 27.7 Å². The third-order valence-corrected chi connectivity index (χ3v) is 9.64. The summed E-state index contributed by atoms with van der Waals surface area (Å²) in [6.45, 7) is 7.74. The van der Waals surface area contributed by atoms with Crippen molar-refractivity contribution in [2.45, 2.75) is 81.8 Å². The first-order valence-electron chi connectivity index (χ1n) is 12.7. The maximum absolute atomic E-state index is 13.6. The third-order valence-electron chi connectivity index (χ3n) is 7.36. The van der Waals surface area contributed by atoms with E-state index in [9.17, 15) is 13.2 Å². The summed E-state index contributed by atoms with van der Waals surface area (Å²) in [6, 6.07) is 5.96. The Morgan fingerprint density at radius 1 is 1.09 bits per heavy atom. The Morgan fingerprint density at radius 2 is 1.79 bits per heavy atom. The number of nitrogens with zero attached hydrogens (tertiary/aromatic N) is 3. The fourth-order valence-electron chi connectivity index (χ4n) is 5.41. The number of carbonyl (C=O) groups excluding carboxylic acids is 1. The molecule has 2 aliphatic heterocycles. The van der Waals surface area contributed by atoms with Crippen LogP contribution >= 0.6 is 11.6 Å². The predicted molar refractivity (Wildman–Crippen MR) is 133 cm³/mol. The summed E-state index contributed by atoms with van der Waals surface area (Å²) in [6.07, 6.45) is 6.44. The summed E-state index contributed by atoms with van der Waals surface area (Å²) >= 11 is 5.99. The number of rotatable bonds is 8. The Bertz CT molecular complexity index is 936. The van der Waals surface area contributed by atoms with Crippen LogP contribution in [0, 0.1) is 5.92 Å². The molecule has 7 nitrogen and oxygen atoms in total. The second-order valence-electron chi connectivity index (χ2n) is 10.1. The zero-order valence-electron chi connectivity index (χ0n) is 20.4. The molecule has 1 aromatic carbocycles. The van der Waals surface area contributed by atoms with Crippen LogP contribution in [0.25, 0.3) is 0 Å².